The molecule has 0 aromatic heterocycles. The number of aliphatic carboxylic acids is 1. The number of amides is 1. The van der Waals surface area contributed by atoms with E-state index >= 15 is 0 Å². The Bertz CT molecular complexity index is 628. The zero-order chi connectivity index (χ0) is 17.9. The van der Waals surface area contributed by atoms with Crippen LogP contribution in [0.5, 0.6) is 11.5 Å². The number of carboxylic acids is 1. The van der Waals surface area contributed by atoms with Gasteiger partial charge in [0, 0.05) is 6.54 Å². The largest absolute Gasteiger partial charge is 0.493 e. The van der Waals surface area contributed by atoms with Gasteiger partial charge in [-0.3, -0.25) is 9.59 Å². The number of nitrogens with zero attached hydrogens (tertiary/aromatic N) is 1. The summed E-state index contributed by atoms with van der Waals surface area (Å²) >= 11 is 0. The predicted molar refractivity (Wildman–Crippen MR) is 86.2 cm³/mol. The number of rotatable bonds is 5. The van der Waals surface area contributed by atoms with E-state index in [2.05, 4.69) is 0 Å². The maximum atomic E-state index is 12.5. The lowest BCUT2D eigenvalue weighted by Crippen LogP contribution is -2.50. The van der Waals surface area contributed by atoms with Gasteiger partial charge in [0.2, 0.25) is 5.91 Å². The summed E-state index contributed by atoms with van der Waals surface area (Å²) in [5, 5.41) is 9.24. The van der Waals surface area contributed by atoms with Gasteiger partial charge in [0.1, 0.15) is 11.5 Å². The maximum Gasteiger partial charge on any atom is 0.318 e. The Morgan fingerprint density at radius 3 is 2.50 bits per heavy atom. The van der Waals surface area contributed by atoms with Gasteiger partial charge in [0.15, 0.2) is 11.5 Å². The lowest BCUT2D eigenvalue weighted by Gasteiger charge is -2.36. The van der Waals surface area contributed by atoms with Crippen LogP contribution in [0.15, 0.2) is 18.2 Å². The molecule has 24 heavy (non-hydrogen) atoms. The van der Waals surface area contributed by atoms with Crippen molar-refractivity contribution in [1.29, 1.82) is 0 Å². The average molecular weight is 337 g/mol. The van der Waals surface area contributed by atoms with Gasteiger partial charge >= 0.3 is 5.97 Å². The van der Waals surface area contributed by atoms with Gasteiger partial charge in [-0.1, -0.05) is 6.07 Å². The molecule has 0 bridgehead atoms. The first-order chi connectivity index (χ1) is 11.3. The van der Waals surface area contributed by atoms with Crippen molar-refractivity contribution >= 4 is 11.9 Å². The summed E-state index contributed by atoms with van der Waals surface area (Å²) in [5.41, 5.74) is -0.613. The van der Waals surface area contributed by atoms with Crippen LogP contribution in [0.3, 0.4) is 0 Å². The molecule has 1 fully saturated rings. The number of benzene rings is 1. The minimum atomic E-state index is -1.46. The molecular weight excluding hydrogens is 314 g/mol. The number of morpholine rings is 1. The van der Waals surface area contributed by atoms with E-state index < -0.39 is 17.3 Å². The van der Waals surface area contributed by atoms with Gasteiger partial charge in [0.25, 0.3) is 0 Å². The molecule has 2 rings (SSSR count). The van der Waals surface area contributed by atoms with Crippen LogP contribution < -0.4 is 9.47 Å². The summed E-state index contributed by atoms with van der Waals surface area (Å²) < 4.78 is 16.3. The van der Waals surface area contributed by atoms with Gasteiger partial charge in [-0.05, 0) is 31.5 Å². The Hall–Kier alpha value is -2.28. The van der Waals surface area contributed by atoms with Gasteiger partial charge in [-0.2, -0.15) is 0 Å². The van der Waals surface area contributed by atoms with Gasteiger partial charge in [-0.25, -0.2) is 0 Å². The third kappa shape index (κ3) is 3.46. The number of methoxy groups -OCH3 is 2. The quantitative estimate of drug-likeness (QED) is 0.824. The molecule has 0 aliphatic carbocycles. The van der Waals surface area contributed by atoms with Crippen molar-refractivity contribution in [3.05, 3.63) is 23.8 Å². The summed E-state index contributed by atoms with van der Waals surface area (Å²) in [6, 6.07) is 5.43. The first kappa shape index (κ1) is 18.1. The lowest BCUT2D eigenvalue weighted by atomic mass is 9.91. The predicted octanol–water partition coefficient (Wildman–Crippen LogP) is 1.71. The second kappa shape index (κ2) is 7.09. The maximum absolute atomic E-state index is 12.5. The molecule has 0 saturated carbocycles. The number of hydrogen-bond donors (Lipinski definition) is 1. The molecular formula is C17H23NO6. The fourth-order valence-corrected chi connectivity index (χ4v) is 2.58. The Morgan fingerprint density at radius 2 is 1.92 bits per heavy atom. The number of ether oxygens (including phenoxy) is 3. The van der Waals surface area contributed by atoms with Crippen LogP contribution in [-0.2, 0) is 14.3 Å². The van der Waals surface area contributed by atoms with Crippen molar-refractivity contribution in [3.63, 3.8) is 0 Å². The summed E-state index contributed by atoms with van der Waals surface area (Å²) in [4.78, 5) is 25.3. The normalized spacial score (nSPS) is 18.2. The highest BCUT2D eigenvalue weighted by Crippen LogP contribution is 2.33. The average Bonchev–Trinajstić information content (AvgIpc) is 2.60. The minimum Gasteiger partial charge on any atom is -0.493 e. The van der Waals surface area contributed by atoms with Crippen molar-refractivity contribution in [1.82, 2.24) is 4.90 Å². The van der Waals surface area contributed by atoms with Gasteiger partial charge < -0.3 is 24.2 Å². The molecule has 1 unspecified atom stereocenters. The fourth-order valence-electron chi connectivity index (χ4n) is 2.58. The van der Waals surface area contributed by atoms with E-state index in [0.29, 0.717) is 31.2 Å². The number of hydrogen-bond acceptors (Lipinski definition) is 5. The SMILES string of the molecule is COc1ccc(C2CN(C(=O)C(C)(C)C(=O)O)CCO2)cc1OC. The van der Waals surface area contributed by atoms with Crippen LogP contribution in [0.25, 0.3) is 0 Å². The monoisotopic (exact) mass is 337 g/mol. The van der Waals surface area contributed by atoms with E-state index in [1.165, 1.54) is 13.8 Å². The van der Waals surface area contributed by atoms with Gasteiger partial charge in [-0.15, -0.1) is 0 Å². The highest BCUT2D eigenvalue weighted by atomic mass is 16.5. The van der Waals surface area contributed by atoms with Crippen LogP contribution in [0.1, 0.15) is 25.5 Å². The summed E-state index contributed by atoms with van der Waals surface area (Å²) in [6.07, 6.45) is -0.341. The topological polar surface area (TPSA) is 85.3 Å². The number of carbonyl (C=O) groups excluding carboxylic acids is 1. The minimum absolute atomic E-state index is 0.297. The van der Waals surface area contributed by atoms with Crippen molar-refractivity contribution in [2.75, 3.05) is 33.9 Å². The summed E-state index contributed by atoms with van der Waals surface area (Å²) in [5.74, 6) is -0.365. The fraction of sp³-hybridized carbons (Fsp3) is 0.529. The van der Waals surface area contributed by atoms with Crippen LogP contribution in [-0.4, -0.2) is 55.8 Å². The van der Waals surface area contributed by atoms with E-state index in [-0.39, 0.29) is 6.10 Å². The highest BCUT2D eigenvalue weighted by Gasteiger charge is 2.41. The van der Waals surface area contributed by atoms with Crippen LogP contribution in [0.2, 0.25) is 0 Å². The first-order valence-corrected chi connectivity index (χ1v) is 7.67. The van der Waals surface area contributed by atoms with Crippen molar-refractivity contribution in [3.8, 4) is 11.5 Å². The lowest BCUT2D eigenvalue weighted by molar-refractivity contribution is -0.162. The molecule has 132 valence electrons. The Kier molecular flexibility index (Phi) is 5.33. The zero-order valence-electron chi connectivity index (χ0n) is 14.4. The highest BCUT2D eigenvalue weighted by molar-refractivity contribution is 6.01. The first-order valence-electron chi connectivity index (χ1n) is 7.67. The molecule has 1 aromatic rings. The third-order valence-corrected chi connectivity index (χ3v) is 4.20. The standard InChI is InChI=1S/C17H23NO6/c1-17(2,16(20)21)15(19)18-7-8-24-14(10-18)11-5-6-12(22-3)13(9-11)23-4/h5-6,9,14H,7-8,10H2,1-4H3,(H,20,21). The molecule has 1 N–H and O–H groups in total. The van der Waals surface area contributed by atoms with Crippen LogP contribution in [0.4, 0.5) is 0 Å². The van der Waals surface area contributed by atoms with E-state index in [1.807, 2.05) is 6.07 Å². The van der Waals surface area contributed by atoms with Crippen molar-refractivity contribution in [2.24, 2.45) is 5.41 Å². The molecule has 1 aliphatic heterocycles. The van der Waals surface area contributed by atoms with Crippen molar-refractivity contribution < 1.29 is 28.9 Å². The molecule has 1 heterocycles. The number of carbonyl (C=O) groups is 2. The molecule has 1 amide bonds. The molecule has 7 nitrogen and oxygen atoms in total. The smallest absolute Gasteiger partial charge is 0.318 e. The molecule has 1 atom stereocenters. The Morgan fingerprint density at radius 1 is 1.25 bits per heavy atom. The molecule has 7 heteroatoms. The van der Waals surface area contributed by atoms with E-state index in [0.717, 1.165) is 5.56 Å². The van der Waals surface area contributed by atoms with E-state index in [4.69, 9.17) is 14.2 Å². The third-order valence-electron chi connectivity index (χ3n) is 4.20. The van der Waals surface area contributed by atoms with Gasteiger partial charge in [0.05, 0.1) is 27.4 Å². The Balaban J connectivity index is 2.19. The molecule has 1 aliphatic rings. The second-order valence-electron chi connectivity index (χ2n) is 6.16. The molecule has 0 spiro atoms. The van der Waals surface area contributed by atoms with E-state index in [9.17, 15) is 14.7 Å². The summed E-state index contributed by atoms with van der Waals surface area (Å²) in [6.45, 7) is 3.85. The Labute approximate surface area is 141 Å². The van der Waals surface area contributed by atoms with E-state index in [1.54, 1.807) is 31.3 Å². The molecule has 1 saturated heterocycles. The van der Waals surface area contributed by atoms with Crippen molar-refractivity contribution in [2.45, 2.75) is 20.0 Å². The number of carboxylic acid groups (broad SMARTS) is 1. The van der Waals surface area contributed by atoms with Crippen LogP contribution in [0, 0.1) is 5.41 Å². The molecule has 0 radical (unpaired) electrons. The van der Waals surface area contributed by atoms with Crippen LogP contribution >= 0.6 is 0 Å². The second-order valence-corrected chi connectivity index (χ2v) is 6.16. The summed E-state index contributed by atoms with van der Waals surface area (Å²) in [7, 11) is 3.11. The molecule has 1 aromatic carbocycles. The zero-order valence-corrected chi connectivity index (χ0v) is 14.4.